The summed E-state index contributed by atoms with van der Waals surface area (Å²) in [5.74, 6) is 1.22. The van der Waals surface area contributed by atoms with Crippen LogP contribution in [0.1, 0.15) is 31.2 Å². The van der Waals surface area contributed by atoms with Crippen molar-refractivity contribution in [3.05, 3.63) is 56.6 Å². The highest BCUT2D eigenvalue weighted by atomic mass is 32.1. The van der Waals surface area contributed by atoms with E-state index in [9.17, 15) is 9.59 Å². The standard InChI is InChI=1S/C29H33N5O4S/c1-37-15-17-4-3-9-33(12-17)13-18-10-23-26-24(11-18)38-16-20-8-7-19(30-20)14-34-29(36)22-6-2-5-21(27(22)39-34)25(32-26)28(35)31-23/h2,5-6,10-11,17,19-20,30H,3-4,7-9,12-16H2,1H3,(H,31,35). The third-order valence-corrected chi connectivity index (χ3v) is 9.48. The van der Waals surface area contributed by atoms with Gasteiger partial charge in [-0.1, -0.05) is 23.7 Å². The Morgan fingerprint density at radius 2 is 2.05 bits per heavy atom. The monoisotopic (exact) mass is 547 g/mol. The normalized spacial score (nSPS) is 23.5. The third-order valence-electron chi connectivity index (χ3n) is 8.32. The fourth-order valence-electron chi connectivity index (χ4n) is 6.49. The molecule has 0 radical (unpaired) electrons. The zero-order chi connectivity index (χ0) is 26.5. The molecule has 39 heavy (non-hydrogen) atoms. The lowest BCUT2D eigenvalue weighted by molar-refractivity contribution is 0.0873. The summed E-state index contributed by atoms with van der Waals surface area (Å²) in [5, 5.41) is 4.30. The van der Waals surface area contributed by atoms with E-state index in [1.54, 1.807) is 7.11 Å². The van der Waals surface area contributed by atoms with Gasteiger partial charge in [-0.2, -0.15) is 0 Å². The number of aromatic nitrogens is 3. The molecule has 0 amide bonds. The molecule has 2 aromatic heterocycles. The van der Waals surface area contributed by atoms with E-state index in [1.165, 1.54) is 18.0 Å². The van der Waals surface area contributed by atoms with Crippen LogP contribution in [0.4, 0.5) is 0 Å². The van der Waals surface area contributed by atoms with Gasteiger partial charge in [0.25, 0.3) is 11.1 Å². The highest BCUT2D eigenvalue weighted by molar-refractivity contribution is 7.14. The molecule has 3 aliphatic rings. The van der Waals surface area contributed by atoms with Gasteiger partial charge in [0.1, 0.15) is 23.6 Å². The zero-order valence-electron chi connectivity index (χ0n) is 22.1. The van der Waals surface area contributed by atoms with Gasteiger partial charge in [-0.15, -0.1) is 0 Å². The van der Waals surface area contributed by atoms with Crippen molar-refractivity contribution < 1.29 is 9.47 Å². The first-order valence-corrected chi connectivity index (χ1v) is 14.6. The zero-order valence-corrected chi connectivity index (χ0v) is 22.9. The Bertz CT molecular complexity index is 1660. The van der Waals surface area contributed by atoms with Gasteiger partial charge in [-0.25, -0.2) is 4.98 Å². The first-order valence-electron chi connectivity index (χ1n) is 13.9. The number of hydrogen-bond acceptors (Lipinski definition) is 8. The van der Waals surface area contributed by atoms with Gasteiger partial charge in [0.05, 0.1) is 28.8 Å². The van der Waals surface area contributed by atoms with Crippen LogP contribution in [0.2, 0.25) is 0 Å². The molecule has 9 nitrogen and oxygen atoms in total. The van der Waals surface area contributed by atoms with Crippen LogP contribution >= 0.6 is 11.5 Å². The Hall–Kier alpha value is -3.05. The predicted octanol–water partition coefficient (Wildman–Crippen LogP) is 3.34. The first-order chi connectivity index (χ1) is 19.1. The first kappa shape index (κ1) is 25.0. The van der Waals surface area contributed by atoms with Gasteiger partial charge in [0.15, 0.2) is 0 Å². The van der Waals surface area contributed by atoms with Gasteiger partial charge < -0.3 is 19.8 Å². The molecule has 4 aromatic rings. The molecule has 7 rings (SSSR count). The quantitative estimate of drug-likeness (QED) is 0.404. The Morgan fingerprint density at radius 1 is 1.15 bits per heavy atom. The van der Waals surface area contributed by atoms with Crippen LogP contribution in [0.25, 0.3) is 32.4 Å². The molecule has 2 N–H and O–H groups in total. The second-order valence-electron chi connectivity index (χ2n) is 11.2. The summed E-state index contributed by atoms with van der Waals surface area (Å²) in [6.07, 6.45) is 4.31. The summed E-state index contributed by atoms with van der Waals surface area (Å²) in [7, 11) is 1.77. The lowest BCUT2D eigenvalue weighted by atomic mass is 9.98. The van der Waals surface area contributed by atoms with E-state index in [1.807, 2.05) is 28.2 Å². The number of piperidine rings is 1. The Balaban J connectivity index is 1.34. The summed E-state index contributed by atoms with van der Waals surface area (Å²) in [4.78, 5) is 37.1. The maximum Gasteiger partial charge on any atom is 0.275 e. The molecule has 3 unspecified atom stereocenters. The number of rotatable bonds is 4. The minimum absolute atomic E-state index is 0.0128. The highest BCUT2D eigenvalue weighted by Gasteiger charge is 2.27. The molecule has 2 fully saturated rings. The van der Waals surface area contributed by atoms with Gasteiger partial charge in [0, 0.05) is 37.8 Å². The molecule has 2 aromatic carbocycles. The topological polar surface area (TPSA) is 101 Å². The fraction of sp³-hybridized carbons (Fsp3) is 0.483. The molecule has 3 atom stereocenters. The van der Waals surface area contributed by atoms with E-state index in [0.717, 1.165) is 55.8 Å². The molecule has 0 spiro atoms. The molecule has 0 saturated carbocycles. The van der Waals surface area contributed by atoms with Crippen molar-refractivity contribution in [3.63, 3.8) is 0 Å². The number of benzene rings is 2. The summed E-state index contributed by atoms with van der Waals surface area (Å²) < 4.78 is 14.5. The maximum absolute atomic E-state index is 13.4. The molecule has 5 heterocycles. The number of nitrogens with zero attached hydrogens (tertiary/aromatic N) is 3. The minimum atomic E-state index is -0.266. The smallest absolute Gasteiger partial charge is 0.275 e. The van der Waals surface area contributed by atoms with E-state index >= 15 is 0 Å². The van der Waals surface area contributed by atoms with Gasteiger partial charge in [-0.3, -0.25) is 18.4 Å². The van der Waals surface area contributed by atoms with Crippen LogP contribution in [-0.2, 0) is 17.8 Å². The van der Waals surface area contributed by atoms with Crippen molar-refractivity contribution in [2.45, 2.75) is 50.9 Å². The minimum Gasteiger partial charge on any atom is -0.490 e. The van der Waals surface area contributed by atoms with Crippen molar-refractivity contribution in [1.29, 1.82) is 0 Å². The number of H-pyrrole nitrogens is 1. The van der Waals surface area contributed by atoms with Crippen LogP contribution in [0.5, 0.6) is 5.75 Å². The van der Waals surface area contributed by atoms with E-state index in [4.69, 9.17) is 14.5 Å². The van der Waals surface area contributed by atoms with Gasteiger partial charge in [-0.05, 0) is 61.9 Å². The lowest BCUT2D eigenvalue weighted by Crippen LogP contribution is -2.37. The molecule has 6 bridgehead atoms. The molecule has 204 valence electrons. The second-order valence-corrected chi connectivity index (χ2v) is 12.2. The average molecular weight is 548 g/mol. The van der Waals surface area contributed by atoms with Crippen LogP contribution in [0.3, 0.4) is 0 Å². The van der Waals surface area contributed by atoms with Crippen LogP contribution in [-0.4, -0.2) is 64.3 Å². The highest BCUT2D eigenvalue weighted by Crippen LogP contribution is 2.32. The number of likely N-dealkylation sites (tertiary alicyclic amines) is 1. The van der Waals surface area contributed by atoms with E-state index in [-0.39, 0.29) is 23.2 Å². The molecule has 3 aliphatic heterocycles. The molecule has 10 heteroatoms. The van der Waals surface area contributed by atoms with E-state index < -0.39 is 0 Å². The van der Waals surface area contributed by atoms with E-state index in [0.29, 0.717) is 52.5 Å². The second kappa shape index (κ2) is 10.2. The number of fused-ring (bicyclic) bond motifs is 5. The van der Waals surface area contributed by atoms with Crippen molar-refractivity contribution in [3.8, 4) is 17.0 Å². The number of ether oxygens (including phenoxy) is 2. The number of nitrogens with one attached hydrogen (secondary N) is 2. The molecular formula is C29H33N5O4S. The number of methoxy groups -OCH3 is 1. The Kier molecular flexibility index (Phi) is 6.50. The van der Waals surface area contributed by atoms with E-state index in [2.05, 4.69) is 21.3 Å². The average Bonchev–Trinajstić information content (AvgIpc) is 3.51. The van der Waals surface area contributed by atoms with Crippen molar-refractivity contribution in [2.24, 2.45) is 5.92 Å². The van der Waals surface area contributed by atoms with Crippen LogP contribution in [0, 0.1) is 5.92 Å². The Labute approximate surface area is 229 Å². The van der Waals surface area contributed by atoms with Crippen LogP contribution < -0.4 is 21.2 Å². The summed E-state index contributed by atoms with van der Waals surface area (Å²) in [5.41, 5.74) is 3.12. The predicted molar refractivity (Wildman–Crippen MR) is 153 cm³/mol. The van der Waals surface area contributed by atoms with Crippen LogP contribution in [0.15, 0.2) is 39.9 Å². The molecular weight excluding hydrogens is 514 g/mol. The Morgan fingerprint density at radius 3 is 2.95 bits per heavy atom. The number of hydrogen-bond donors (Lipinski definition) is 2. The summed E-state index contributed by atoms with van der Waals surface area (Å²) >= 11 is 1.42. The summed E-state index contributed by atoms with van der Waals surface area (Å²) in [6, 6.07) is 10.1. The lowest BCUT2D eigenvalue weighted by Gasteiger charge is -2.32. The van der Waals surface area contributed by atoms with Crippen molar-refractivity contribution in [1.82, 2.24) is 24.1 Å². The SMILES string of the molecule is COCC1CCCN(Cc2cc3c4nc(c(=O)[nH]c4c2)-c2cccc4c(=O)n(sc24)CC2CCC(CO3)N2)C1. The molecule has 0 aliphatic carbocycles. The fourth-order valence-corrected chi connectivity index (χ4v) is 7.67. The largest absolute Gasteiger partial charge is 0.490 e. The number of aromatic amines is 1. The third kappa shape index (κ3) is 4.69. The maximum atomic E-state index is 13.4. The summed E-state index contributed by atoms with van der Waals surface area (Å²) in [6.45, 7) is 4.71. The van der Waals surface area contributed by atoms with Crippen molar-refractivity contribution in [2.75, 3.05) is 33.4 Å². The molecule has 2 saturated heterocycles. The van der Waals surface area contributed by atoms with Crippen molar-refractivity contribution >= 4 is 32.7 Å². The van der Waals surface area contributed by atoms with Gasteiger partial charge >= 0.3 is 0 Å². The van der Waals surface area contributed by atoms with Gasteiger partial charge in [0.2, 0.25) is 0 Å².